The van der Waals surface area contributed by atoms with Crippen molar-refractivity contribution in [2.45, 2.75) is 0 Å². The number of hydrogen-bond acceptors (Lipinski definition) is 4. The standard InChI is InChI=1S/C7H5N3S/c1-2-6(10-9-3-1)7-8-4-5-11-7/h1-5H. The minimum absolute atomic E-state index is 0.836. The predicted octanol–water partition coefficient (Wildman–Crippen LogP) is 1.60. The number of hydrogen-bond donors (Lipinski definition) is 0. The van der Waals surface area contributed by atoms with Crippen molar-refractivity contribution in [3.8, 4) is 10.7 Å². The largest absolute Gasteiger partial charge is 0.243 e. The van der Waals surface area contributed by atoms with Crippen LogP contribution in [0.25, 0.3) is 10.7 Å². The Kier molecular flexibility index (Phi) is 1.61. The molecule has 0 aliphatic carbocycles. The molecule has 4 heteroatoms. The molecule has 0 amide bonds. The van der Waals surface area contributed by atoms with E-state index in [0.29, 0.717) is 0 Å². The van der Waals surface area contributed by atoms with E-state index in [0.717, 1.165) is 10.7 Å². The Morgan fingerprint density at radius 1 is 1.27 bits per heavy atom. The van der Waals surface area contributed by atoms with E-state index in [1.165, 1.54) is 0 Å². The normalized spacial score (nSPS) is 9.82. The molecule has 0 unspecified atom stereocenters. The summed E-state index contributed by atoms with van der Waals surface area (Å²) in [5.41, 5.74) is 0.836. The maximum Gasteiger partial charge on any atom is 0.143 e. The predicted molar refractivity (Wildman–Crippen MR) is 43.1 cm³/mol. The number of aromatic nitrogens is 3. The van der Waals surface area contributed by atoms with Gasteiger partial charge in [-0.15, -0.1) is 16.4 Å². The average Bonchev–Trinajstić information content (AvgIpc) is 2.58. The lowest BCUT2D eigenvalue weighted by Gasteiger charge is -1.89. The summed E-state index contributed by atoms with van der Waals surface area (Å²) < 4.78 is 0. The van der Waals surface area contributed by atoms with Crippen molar-refractivity contribution >= 4 is 11.3 Å². The molecule has 0 aromatic carbocycles. The van der Waals surface area contributed by atoms with E-state index in [2.05, 4.69) is 15.2 Å². The Hall–Kier alpha value is -1.29. The van der Waals surface area contributed by atoms with Gasteiger partial charge in [0, 0.05) is 17.8 Å². The van der Waals surface area contributed by atoms with E-state index in [4.69, 9.17) is 0 Å². The number of nitrogens with zero attached hydrogens (tertiary/aromatic N) is 3. The van der Waals surface area contributed by atoms with E-state index >= 15 is 0 Å². The lowest BCUT2D eigenvalue weighted by atomic mass is 10.4. The zero-order chi connectivity index (χ0) is 7.52. The maximum atomic E-state index is 4.10. The van der Waals surface area contributed by atoms with Gasteiger partial charge in [-0.1, -0.05) is 0 Å². The molecule has 0 spiro atoms. The minimum Gasteiger partial charge on any atom is -0.243 e. The van der Waals surface area contributed by atoms with Gasteiger partial charge in [0.05, 0.1) is 0 Å². The second-order valence-electron chi connectivity index (χ2n) is 1.95. The Labute approximate surface area is 67.8 Å². The molecule has 0 aliphatic heterocycles. The third-order valence-electron chi connectivity index (χ3n) is 1.22. The lowest BCUT2D eigenvalue weighted by molar-refractivity contribution is 1.03. The smallest absolute Gasteiger partial charge is 0.143 e. The average molecular weight is 163 g/mol. The van der Waals surface area contributed by atoms with Crippen LogP contribution in [-0.4, -0.2) is 15.2 Å². The highest BCUT2D eigenvalue weighted by molar-refractivity contribution is 7.13. The van der Waals surface area contributed by atoms with Gasteiger partial charge in [-0.3, -0.25) is 0 Å². The van der Waals surface area contributed by atoms with Crippen molar-refractivity contribution in [2.24, 2.45) is 0 Å². The second-order valence-corrected chi connectivity index (χ2v) is 2.84. The molecule has 0 saturated carbocycles. The summed E-state index contributed by atoms with van der Waals surface area (Å²) >= 11 is 1.56. The van der Waals surface area contributed by atoms with Crippen LogP contribution in [0.1, 0.15) is 0 Å². The molecule has 2 heterocycles. The van der Waals surface area contributed by atoms with E-state index in [1.807, 2.05) is 17.5 Å². The molecular weight excluding hydrogens is 158 g/mol. The van der Waals surface area contributed by atoms with Gasteiger partial charge in [0.25, 0.3) is 0 Å². The van der Waals surface area contributed by atoms with E-state index in [-0.39, 0.29) is 0 Å². The van der Waals surface area contributed by atoms with Gasteiger partial charge in [-0.25, -0.2) is 4.98 Å². The second kappa shape index (κ2) is 2.75. The summed E-state index contributed by atoms with van der Waals surface area (Å²) in [6.07, 6.45) is 3.41. The third-order valence-corrected chi connectivity index (χ3v) is 2.02. The van der Waals surface area contributed by atoms with Crippen molar-refractivity contribution in [1.82, 2.24) is 15.2 Å². The Morgan fingerprint density at radius 3 is 2.91 bits per heavy atom. The molecule has 0 fully saturated rings. The fraction of sp³-hybridized carbons (Fsp3) is 0. The highest BCUT2D eigenvalue weighted by atomic mass is 32.1. The van der Waals surface area contributed by atoms with Crippen molar-refractivity contribution < 1.29 is 0 Å². The van der Waals surface area contributed by atoms with Crippen LogP contribution < -0.4 is 0 Å². The zero-order valence-electron chi connectivity index (χ0n) is 5.64. The lowest BCUT2D eigenvalue weighted by Crippen LogP contribution is -1.83. The third kappa shape index (κ3) is 1.25. The first-order valence-electron chi connectivity index (χ1n) is 3.14. The van der Waals surface area contributed by atoms with Crippen LogP contribution in [0.3, 0.4) is 0 Å². The van der Waals surface area contributed by atoms with Gasteiger partial charge >= 0.3 is 0 Å². The summed E-state index contributed by atoms with van der Waals surface area (Å²) in [5.74, 6) is 0. The van der Waals surface area contributed by atoms with Gasteiger partial charge in [-0.2, -0.15) is 5.10 Å². The van der Waals surface area contributed by atoms with Gasteiger partial charge in [0.2, 0.25) is 0 Å². The highest BCUT2D eigenvalue weighted by Gasteiger charge is 1.98. The van der Waals surface area contributed by atoms with Gasteiger partial charge in [0.15, 0.2) is 0 Å². The van der Waals surface area contributed by atoms with Crippen molar-refractivity contribution in [1.29, 1.82) is 0 Å². The summed E-state index contributed by atoms with van der Waals surface area (Å²) in [6, 6.07) is 3.75. The topological polar surface area (TPSA) is 38.7 Å². The molecule has 11 heavy (non-hydrogen) atoms. The van der Waals surface area contributed by atoms with Crippen LogP contribution in [-0.2, 0) is 0 Å². The minimum atomic E-state index is 0.836. The van der Waals surface area contributed by atoms with Gasteiger partial charge in [-0.05, 0) is 12.1 Å². The summed E-state index contributed by atoms with van der Waals surface area (Å²) in [5, 5.41) is 10.5. The summed E-state index contributed by atoms with van der Waals surface area (Å²) in [6.45, 7) is 0. The van der Waals surface area contributed by atoms with Crippen molar-refractivity contribution in [3.63, 3.8) is 0 Å². The first-order valence-corrected chi connectivity index (χ1v) is 4.02. The fourth-order valence-corrected chi connectivity index (χ4v) is 1.37. The Balaban J connectivity index is 2.46. The molecular formula is C7H5N3S. The molecule has 2 aromatic rings. The molecule has 0 radical (unpaired) electrons. The first-order chi connectivity index (χ1) is 5.47. The molecule has 0 saturated heterocycles. The van der Waals surface area contributed by atoms with Crippen LogP contribution in [0.4, 0.5) is 0 Å². The maximum absolute atomic E-state index is 4.10. The Morgan fingerprint density at radius 2 is 2.27 bits per heavy atom. The van der Waals surface area contributed by atoms with E-state index < -0.39 is 0 Å². The molecule has 0 atom stereocenters. The molecule has 54 valence electrons. The molecule has 3 nitrogen and oxygen atoms in total. The van der Waals surface area contributed by atoms with Crippen LogP contribution in [0.2, 0.25) is 0 Å². The molecule has 2 rings (SSSR count). The number of rotatable bonds is 1. The fourth-order valence-electron chi connectivity index (χ4n) is 0.766. The molecule has 0 N–H and O–H groups in total. The molecule has 2 aromatic heterocycles. The van der Waals surface area contributed by atoms with Crippen LogP contribution in [0.15, 0.2) is 29.9 Å². The van der Waals surface area contributed by atoms with Gasteiger partial charge in [0.1, 0.15) is 10.7 Å². The van der Waals surface area contributed by atoms with Crippen LogP contribution in [0, 0.1) is 0 Å². The van der Waals surface area contributed by atoms with Crippen molar-refractivity contribution in [3.05, 3.63) is 29.9 Å². The van der Waals surface area contributed by atoms with Gasteiger partial charge < -0.3 is 0 Å². The summed E-state index contributed by atoms with van der Waals surface area (Å²) in [4.78, 5) is 4.10. The quantitative estimate of drug-likeness (QED) is 0.641. The first kappa shape index (κ1) is 6.42. The van der Waals surface area contributed by atoms with Crippen molar-refractivity contribution in [2.75, 3.05) is 0 Å². The van der Waals surface area contributed by atoms with Crippen LogP contribution >= 0.6 is 11.3 Å². The van der Waals surface area contributed by atoms with E-state index in [1.54, 1.807) is 23.7 Å². The highest BCUT2D eigenvalue weighted by Crippen LogP contribution is 2.17. The number of thiazole rings is 1. The molecule has 0 aliphatic rings. The SMILES string of the molecule is c1cnnc(-c2nccs2)c1. The Bertz CT molecular complexity index is 317. The molecule has 0 bridgehead atoms. The monoisotopic (exact) mass is 163 g/mol. The van der Waals surface area contributed by atoms with E-state index in [9.17, 15) is 0 Å². The summed E-state index contributed by atoms with van der Waals surface area (Å²) in [7, 11) is 0. The zero-order valence-corrected chi connectivity index (χ0v) is 6.45. The van der Waals surface area contributed by atoms with Crippen LogP contribution in [0.5, 0.6) is 0 Å².